The summed E-state index contributed by atoms with van der Waals surface area (Å²) in [6.07, 6.45) is 4.34. The lowest BCUT2D eigenvalue weighted by Crippen LogP contribution is -2.32. The SMILES string of the molecule is Cn1cncc1[C@@H]1C[C@H]1C(=O)N1CC(C(=O)O)c2ccccc21. The molecule has 4 rings (SSSR count). The summed E-state index contributed by atoms with van der Waals surface area (Å²) in [6, 6.07) is 7.29. The number of para-hydroxylation sites is 1. The quantitative estimate of drug-likeness (QED) is 0.937. The first-order valence-electron chi connectivity index (χ1n) is 7.67. The number of carboxylic acid groups (broad SMARTS) is 1. The van der Waals surface area contributed by atoms with E-state index in [1.807, 2.05) is 29.8 Å². The second kappa shape index (κ2) is 4.94. The Hall–Kier alpha value is -2.63. The Kier molecular flexibility index (Phi) is 3.01. The van der Waals surface area contributed by atoms with Gasteiger partial charge in [0.2, 0.25) is 5.91 Å². The number of fused-ring (bicyclic) bond motifs is 1. The van der Waals surface area contributed by atoms with Crippen molar-refractivity contribution < 1.29 is 14.7 Å². The van der Waals surface area contributed by atoms with E-state index >= 15 is 0 Å². The largest absolute Gasteiger partial charge is 0.481 e. The first-order chi connectivity index (χ1) is 11.1. The number of aryl methyl sites for hydroxylation is 1. The van der Waals surface area contributed by atoms with Crippen molar-refractivity contribution in [3.63, 3.8) is 0 Å². The standard InChI is InChI=1S/C17H17N3O3/c1-19-9-18-7-15(19)11-6-12(11)16(21)20-8-13(17(22)23)10-4-2-3-5-14(10)20/h2-5,7,9,11-13H,6,8H2,1H3,(H,22,23)/t11-,12-,13?/m1/s1. The number of benzene rings is 1. The lowest BCUT2D eigenvalue weighted by molar-refractivity contribution is -0.138. The molecule has 0 bridgehead atoms. The van der Waals surface area contributed by atoms with Gasteiger partial charge < -0.3 is 14.6 Å². The maximum Gasteiger partial charge on any atom is 0.312 e. The molecule has 6 nitrogen and oxygen atoms in total. The molecule has 2 aliphatic rings. The Labute approximate surface area is 133 Å². The summed E-state index contributed by atoms with van der Waals surface area (Å²) in [5.74, 6) is -1.39. The highest BCUT2D eigenvalue weighted by Crippen LogP contribution is 2.50. The average Bonchev–Trinajstić information content (AvgIpc) is 3.04. The summed E-state index contributed by atoms with van der Waals surface area (Å²) in [5.41, 5.74) is 2.53. The van der Waals surface area contributed by atoms with Crippen molar-refractivity contribution in [3.05, 3.63) is 48.0 Å². The summed E-state index contributed by atoms with van der Waals surface area (Å²) in [6.45, 7) is 0.224. The number of carbonyl (C=O) groups is 2. The van der Waals surface area contributed by atoms with E-state index in [0.717, 1.165) is 23.4 Å². The Morgan fingerprint density at radius 3 is 2.78 bits per heavy atom. The molecule has 0 radical (unpaired) electrons. The van der Waals surface area contributed by atoms with Crippen molar-refractivity contribution in [3.8, 4) is 0 Å². The number of carbonyl (C=O) groups excluding carboxylic acids is 1. The molecule has 1 fully saturated rings. The van der Waals surface area contributed by atoms with Gasteiger partial charge in [0.15, 0.2) is 0 Å². The minimum Gasteiger partial charge on any atom is -0.481 e. The fourth-order valence-corrected chi connectivity index (χ4v) is 3.55. The van der Waals surface area contributed by atoms with Crippen LogP contribution in [0.15, 0.2) is 36.8 Å². The summed E-state index contributed by atoms with van der Waals surface area (Å²) >= 11 is 0. The van der Waals surface area contributed by atoms with Crippen molar-refractivity contribution in [2.45, 2.75) is 18.3 Å². The molecule has 1 aromatic carbocycles. The highest BCUT2D eigenvalue weighted by molar-refractivity contribution is 6.01. The fourth-order valence-electron chi connectivity index (χ4n) is 3.55. The fraction of sp³-hybridized carbons (Fsp3) is 0.353. The number of carboxylic acids is 1. The molecule has 1 N–H and O–H groups in total. The van der Waals surface area contributed by atoms with Gasteiger partial charge in [0.25, 0.3) is 0 Å². The van der Waals surface area contributed by atoms with Crippen molar-refractivity contribution in [2.75, 3.05) is 11.4 Å². The third-order valence-electron chi connectivity index (χ3n) is 4.87. The van der Waals surface area contributed by atoms with Crippen LogP contribution in [-0.2, 0) is 16.6 Å². The summed E-state index contributed by atoms with van der Waals surface area (Å²) in [4.78, 5) is 30.1. The number of rotatable bonds is 3. The van der Waals surface area contributed by atoms with Crippen LogP contribution < -0.4 is 4.90 Å². The van der Waals surface area contributed by atoms with Gasteiger partial charge in [0.05, 0.1) is 6.33 Å². The molecule has 1 unspecified atom stereocenters. The second-order valence-electron chi connectivity index (χ2n) is 6.28. The van der Waals surface area contributed by atoms with Gasteiger partial charge in [-0.05, 0) is 18.1 Å². The molecule has 1 aromatic heterocycles. The summed E-state index contributed by atoms with van der Waals surface area (Å²) < 4.78 is 1.94. The van der Waals surface area contributed by atoms with Crippen LogP contribution in [0.1, 0.15) is 29.5 Å². The van der Waals surface area contributed by atoms with Crippen LogP contribution >= 0.6 is 0 Å². The van der Waals surface area contributed by atoms with Gasteiger partial charge in [-0.2, -0.15) is 0 Å². The molecule has 1 amide bonds. The van der Waals surface area contributed by atoms with Crippen LogP contribution in [0.4, 0.5) is 5.69 Å². The van der Waals surface area contributed by atoms with Gasteiger partial charge in [-0.3, -0.25) is 9.59 Å². The van der Waals surface area contributed by atoms with Crippen molar-refractivity contribution in [1.29, 1.82) is 0 Å². The molecule has 6 heteroatoms. The molecule has 1 aliphatic carbocycles. The smallest absolute Gasteiger partial charge is 0.312 e. The van der Waals surface area contributed by atoms with Crippen molar-refractivity contribution in [2.24, 2.45) is 13.0 Å². The lowest BCUT2D eigenvalue weighted by atomic mass is 10.0. The molecule has 0 saturated heterocycles. The normalized spacial score (nSPS) is 25.3. The Balaban J connectivity index is 1.59. The molecule has 0 spiro atoms. The third kappa shape index (κ3) is 2.13. The van der Waals surface area contributed by atoms with E-state index in [2.05, 4.69) is 4.98 Å². The van der Waals surface area contributed by atoms with E-state index in [1.165, 1.54) is 0 Å². The van der Waals surface area contributed by atoms with Crippen LogP contribution in [0.25, 0.3) is 0 Å². The maximum atomic E-state index is 12.9. The van der Waals surface area contributed by atoms with Crippen LogP contribution in [0.5, 0.6) is 0 Å². The highest BCUT2D eigenvalue weighted by Gasteiger charge is 2.49. The van der Waals surface area contributed by atoms with Crippen molar-refractivity contribution in [1.82, 2.24) is 9.55 Å². The highest BCUT2D eigenvalue weighted by atomic mass is 16.4. The van der Waals surface area contributed by atoms with E-state index in [9.17, 15) is 14.7 Å². The van der Waals surface area contributed by atoms with E-state index in [-0.39, 0.29) is 24.3 Å². The summed E-state index contributed by atoms with van der Waals surface area (Å²) in [7, 11) is 1.92. The average molecular weight is 311 g/mol. The first-order valence-corrected chi connectivity index (χ1v) is 7.67. The number of nitrogens with zero attached hydrogens (tertiary/aromatic N) is 3. The Morgan fingerprint density at radius 2 is 2.09 bits per heavy atom. The monoisotopic (exact) mass is 311 g/mol. The number of anilines is 1. The third-order valence-corrected chi connectivity index (χ3v) is 4.87. The number of aromatic nitrogens is 2. The first kappa shape index (κ1) is 14.0. The number of amides is 1. The molecule has 23 heavy (non-hydrogen) atoms. The van der Waals surface area contributed by atoms with E-state index in [4.69, 9.17) is 0 Å². The molecule has 2 heterocycles. The van der Waals surface area contributed by atoms with E-state index in [1.54, 1.807) is 23.5 Å². The molecule has 1 aliphatic heterocycles. The Bertz CT molecular complexity index is 798. The number of hydrogen-bond donors (Lipinski definition) is 1. The van der Waals surface area contributed by atoms with Gasteiger partial charge in [0.1, 0.15) is 5.92 Å². The van der Waals surface area contributed by atoms with Gasteiger partial charge in [0, 0.05) is 43.0 Å². The molecule has 118 valence electrons. The maximum absolute atomic E-state index is 12.9. The zero-order valence-electron chi connectivity index (χ0n) is 12.7. The minimum absolute atomic E-state index is 0.0207. The topological polar surface area (TPSA) is 75.4 Å². The minimum atomic E-state index is -0.883. The molecule has 2 aromatic rings. The molecular formula is C17H17N3O3. The second-order valence-corrected chi connectivity index (χ2v) is 6.28. The van der Waals surface area contributed by atoms with Crippen LogP contribution in [-0.4, -0.2) is 33.1 Å². The lowest BCUT2D eigenvalue weighted by Gasteiger charge is -2.17. The number of imidazole rings is 1. The zero-order chi connectivity index (χ0) is 16.1. The predicted molar refractivity (Wildman–Crippen MR) is 83.2 cm³/mol. The summed E-state index contributed by atoms with van der Waals surface area (Å²) in [5, 5.41) is 9.40. The van der Waals surface area contributed by atoms with Crippen molar-refractivity contribution >= 4 is 17.6 Å². The van der Waals surface area contributed by atoms with Crippen LogP contribution in [0.2, 0.25) is 0 Å². The van der Waals surface area contributed by atoms with E-state index in [0.29, 0.717) is 0 Å². The van der Waals surface area contributed by atoms with Crippen LogP contribution in [0.3, 0.4) is 0 Å². The van der Waals surface area contributed by atoms with Gasteiger partial charge >= 0.3 is 5.97 Å². The molecular weight excluding hydrogens is 294 g/mol. The van der Waals surface area contributed by atoms with Gasteiger partial charge in [-0.15, -0.1) is 0 Å². The van der Waals surface area contributed by atoms with E-state index < -0.39 is 11.9 Å². The Morgan fingerprint density at radius 1 is 1.30 bits per heavy atom. The van der Waals surface area contributed by atoms with Gasteiger partial charge in [-0.25, -0.2) is 4.98 Å². The zero-order valence-corrected chi connectivity index (χ0v) is 12.7. The van der Waals surface area contributed by atoms with Crippen LogP contribution in [0, 0.1) is 5.92 Å². The molecule has 3 atom stereocenters. The number of aliphatic carboxylic acids is 1. The molecule has 1 saturated carbocycles. The number of hydrogen-bond acceptors (Lipinski definition) is 3. The van der Waals surface area contributed by atoms with Gasteiger partial charge in [-0.1, -0.05) is 18.2 Å². The predicted octanol–water partition coefficient (Wildman–Crippen LogP) is 1.74.